The molecule has 0 spiro atoms. The van der Waals surface area contributed by atoms with Crippen LogP contribution >= 0.6 is 23.1 Å². The van der Waals surface area contributed by atoms with Crippen LogP contribution in [0.4, 0.5) is 21.3 Å². The van der Waals surface area contributed by atoms with Gasteiger partial charge in [-0.15, -0.1) is 10.2 Å². The third-order valence-electron chi connectivity index (χ3n) is 4.27. The van der Waals surface area contributed by atoms with Gasteiger partial charge in [-0.3, -0.25) is 10.1 Å². The molecule has 0 radical (unpaired) electrons. The number of hydrogen-bond donors (Lipinski definition) is 3. The molecule has 0 fully saturated rings. The molecular formula is C21H23N5O3S2. The van der Waals surface area contributed by atoms with Gasteiger partial charge in [-0.05, 0) is 50.1 Å². The molecule has 0 aliphatic rings. The smallest absolute Gasteiger partial charge is 0.325 e. The van der Waals surface area contributed by atoms with Crippen molar-refractivity contribution < 1.29 is 14.3 Å². The molecule has 162 valence electrons. The standard InChI is InChI=1S/C21H23N5O3S2/c1-4-29-17-11-6-5-9-16(17)23-20-25-26-21(31-20)30-12-18(27)24-19(28)22-15-10-7-8-13(2)14(15)3/h5-11H,4,12H2,1-3H3,(H,23,25)(H2,22,24,27,28). The van der Waals surface area contributed by atoms with Crippen LogP contribution < -0.4 is 20.7 Å². The van der Waals surface area contributed by atoms with Gasteiger partial charge in [0.2, 0.25) is 11.0 Å². The first-order valence-electron chi connectivity index (χ1n) is 9.58. The first kappa shape index (κ1) is 22.6. The molecule has 0 bridgehead atoms. The minimum Gasteiger partial charge on any atom is -0.492 e. The van der Waals surface area contributed by atoms with Crippen molar-refractivity contribution in [3.63, 3.8) is 0 Å². The Kier molecular flexibility index (Phi) is 7.85. The van der Waals surface area contributed by atoms with E-state index in [0.29, 0.717) is 21.8 Å². The monoisotopic (exact) mass is 457 g/mol. The van der Waals surface area contributed by atoms with E-state index >= 15 is 0 Å². The average Bonchev–Trinajstić information content (AvgIpc) is 3.19. The molecule has 0 unspecified atom stereocenters. The first-order valence-corrected chi connectivity index (χ1v) is 11.4. The highest BCUT2D eigenvalue weighted by molar-refractivity contribution is 8.01. The molecular weight excluding hydrogens is 434 g/mol. The summed E-state index contributed by atoms with van der Waals surface area (Å²) in [6, 6.07) is 12.6. The highest BCUT2D eigenvalue weighted by atomic mass is 32.2. The van der Waals surface area contributed by atoms with Gasteiger partial charge in [0.25, 0.3) is 0 Å². The summed E-state index contributed by atoms with van der Waals surface area (Å²) in [6.07, 6.45) is 0. The van der Waals surface area contributed by atoms with Gasteiger partial charge in [0.1, 0.15) is 5.75 Å². The van der Waals surface area contributed by atoms with E-state index in [0.717, 1.165) is 22.6 Å². The summed E-state index contributed by atoms with van der Waals surface area (Å²) < 4.78 is 6.20. The van der Waals surface area contributed by atoms with E-state index in [1.165, 1.54) is 23.1 Å². The number of aromatic nitrogens is 2. The van der Waals surface area contributed by atoms with E-state index < -0.39 is 11.9 Å². The highest BCUT2D eigenvalue weighted by Gasteiger charge is 2.13. The molecule has 0 atom stereocenters. The Morgan fingerprint density at radius 2 is 1.84 bits per heavy atom. The first-order chi connectivity index (χ1) is 15.0. The number of carbonyl (C=O) groups excluding carboxylic acids is 2. The van der Waals surface area contributed by atoms with Gasteiger partial charge in [-0.25, -0.2) is 4.79 Å². The van der Waals surface area contributed by atoms with Gasteiger partial charge in [0.15, 0.2) is 4.34 Å². The minimum atomic E-state index is -0.563. The van der Waals surface area contributed by atoms with Crippen molar-refractivity contribution in [1.29, 1.82) is 0 Å². The quantitative estimate of drug-likeness (QED) is 0.420. The molecule has 31 heavy (non-hydrogen) atoms. The molecule has 1 aromatic heterocycles. The predicted octanol–water partition coefficient (Wildman–Crippen LogP) is 4.74. The number of nitrogens with one attached hydrogen (secondary N) is 3. The van der Waals surface area contributed by atoms with Crippen LogP contribution in [-0.4, -0.2) is 34.5 Å². The van der Waals surface area contributed by atoms with E-state index in [9.17, 15) is 9.59 Å². The lowest BCUT2D eigenvalue weighted by molar-refractivity contribution is -0.117. The van der Waals surface area contributed by atoms with Gasteiger partial charge in [-0.1, -0.05) is 47.4 Å². The number of thioether (sulfide) groups is 1. The maximum absolute atomic E-state index is 12.1. The number of benzene rings is 2. The summed E-state index contributed by atoms with van der Waals surface area (Å²) in [7, 11) is 0. The number of amides is 3. The number of urea groups is 1. The van der Waals surface area contributed by atoms with Crippen LogP contribution in [0, 0.1) is 13.8 Å². The van der Waals surface area contributed by atoms with E-state index in [-0.39, 0.29) is 5.75 Å². The molecule has 3 amide bonds. The molecule has 8 nitrogen and oxygen atoms in total. The topological polar surface area (TPSA) is 105 Å². The van der Waals surface area contributed by atoms with Gasteiger partial charge in [-0.2, -0.15) is 0 Å². The summed E-state index contributed by atoms with van der Waals surface area (Å²) in [5.41, 5.74) is 3.48. The number of ether oxygens (including phenoxy) is 1. The summed E-state index contributed by atoms with van der Waals surface area (Å²) in [5.74, 6) is 0.354. The van der Waals surface area contributed by atoms with Crippen molar-refractivity contribution in [3.05, 3.63) is 53.6 Å². The van der Waals surface area contributed by atoms with Crippen LogP contribution in [0.2, 0.25) is 0 Å². The van der Waals surface area contributed by atoms with Gasteiger partial charge in [0, 0.05) is 5.69 Å². The van der Waals surface area contributed by atoms with E-state index in [1.54, 1.807) is 6.07 Å². The maximum Gasteiger partial charge on any atom is 0.325 e. The molecule has 2 aromatic carbocycles. The summed E-state index contributed by atoms with van der Waals surface area (Å²) in [4.78, 5) is 24.2. The van der Waals surface area contributed by atoms with E-state index in [4.69, 9.17) is 4.74 Å². The zero-order valence-corrected chi connectivity index (χ0v) is 19.0. The van der Waals surface area contributed by atoms with E-state index in [2.05, 4.69) is 26.1 Å². The number of rotatable bonds is 8. The van der Waals surface area contributed by atoms with Crippen LogP contribution in [0.5, 0.6) is 5.75 Å². The predicted molar refractivity (Wildman–Crippen MR) is 125 cm³/mol. The number of para-hydroxylation sites is 2. The number of nitrogens with zero attached hydrogens (tertiary/aromatic N) is 2. The zero-order chi connectivity index (χ0) is 22.2. The Hall–Kier alpha value is -3.11. The van der Waals surface area contributed by atoms with Gasteiger partial charge < -0.3 is 15.4 Å². The number of aryl methyl sites for hydroxylation is 1. The van der Waals surface area contributed by atoms with Gasteiger partial charge >= 0.3 is 6.03 Å². The summed E-state index contributed by atoms with van der Waals surface area (Å²) in [5, 5.41) is 17.0. The van der Waals surface area contributed by atoms with Crippen LogP contribution in [0.15, 0.2) is 46.8 Å². The Morgan fingerprint density at radius 3 is 2.65 bits per heavy atom. The van der Waals surface area contributed by atoms with Crippen molar-refractivity contribution in [2.24, 2.45) is 0 Å². The maximum atomic E-state index is 12.1. The Morgan fingerprint density at radius 1 is 1.06 bits per heavy atom. The molecule has 0 aliphatic heterocycles. The van der Waals surface area contributed by atoms with Crippen LogP contribution in [0.3, 0.4) is 0 Å². The fraction of sp³-hybridized carbons (Fsp3) is 0.238. The molecule has 3 rings (SSSR count). The number of anilines is 3. The van der Waals surface area contributed by atoms with Crippen molar-refractivity contribution >= 4 is 51.5 Å². The van der Waals surface area contributed by atoms with Crippen molar-refractivity contribution in [1.82, 2.24) is 15.5 Å². The summed E-state index contributed by atoms with van der Waals surface area (Å²) in [6.45, 7) is 6.35. The van der Waals surface area contributed by atoms with Crippen LogP contribution in [0.1, 0.15) is 18.1 Å². The number of imide groups is 1. The molecule has 3 aromatic rings. The molecule has 0 saturated heterocycles. The molecule has 10 heteroatoms. The second-order valence-electron chi connectivity index (χ2n) is 6.47. The van der Waals surface area contributed by atoms with E-state index in [1.807, 2.05) is 57.2 Å². The van der Waals surface area contributed by atoms with Crippen LogP contribution in [-0.2, 0) is 4.79 Å². The molecule has 1 heterocycles. The largest absolute Gasteiger partial charge is 0.492 e. The molecule has 3 N–H and O–H groups in total. The third kappa shape index (κ3) is 6.43. The minimum absolute atomic E-state index is 0.0460. The second-order valence-corrected chi connectivity index (χ2v) is 8.67. The van der Waals surface area contributed by atoms with Gasteiger partial charge in [0.05, 0.1) is 18.0 Å². The molecule has 0 saturated carbocycles. The highest BCUT2D eigenvalue weighted by Crippen LogP contribution is 2.31. The zero-order valence-electron chi connectivity index (χ0n) is 17.4. The third-order valence-corrected chi connectivity index (χ3v) is 6.24. The number of hydrogen-bond acceptors (Lipinski definition) is 8. The fourth-order valence-electron chi connectivity index (χ4n) is 2.62. The Labute approximate surface area is 188 Å². The number of carbonyl (C=O) groups is 2. The van der Waals surface area contributed by atoms with Crippen molar-refractivity contribution in [2.45, 2.75) is 25.1 Å². The average molecular weight is 458 g/mol. The Bertz CT molecular complexity index is 1070. The van der Waals surface area contributed by atoms with Crippen molar-refractivity contribution in [3.8, 4) is 5.75 Å². The lowest BCUT2D eigenvalue weighted by Crippen LogP contribution is -2.35. The second kappa shape index (κ2) is 10.8. The fourth-order valence-corrected chi connectivity index (χ4v) is 4.18. The Balaban J connectivity index is 1.49. The van der Waals surface area contributed by atoms with Crippen LogP contribution in [0.25, 0.3) is 0 Å². The SMILES string of the molecule is CCOc1ccccc1Nc1nnc(SCC(=O)NC(=O)Nc2cccc(C)c2C)s1. The molecule has 0 aliphatic carbocycles. The lowest BCUT2D eigenvalue weighted by Gasteiger charge is -2.10. The normalized spacial score (nSPS) is 10.4. The van der Waals surface area contributed by atoms with Crippen molar-refractivity contribution in [2.75, 3.05) is 23.0 Å². The lowest BCUT2D eigenvalue weighted by atomic mass is 10.1. The summed E-state index contributed by atoms with van der Waals surface area (Å²) >= 11 is 2.52.